The average molecular weight is 256 g/mol. The Morgan fingerprint density at radius 2 is 1.68 bits per heavy atom. The standard InChI is InChI=1S/C15H10F2N2/c16-10-6-11-13(18)8-14(9-4-2-1-3-5-9)19-15(11)12(17)7-10/h1-8H,(H2,18,19). The SMILES string of the molecule is Nc1cc(-c2ccccc2)nc2c(F)cc(F)cc12. The molecule has 0 aliphatic rings. The molecule has 1 aromatic heterocycles. The Hall–Kier alpha value is -2.49. The van der Waals surface area contributed by atoms with Crippen LogP contribution in [0.2, 0.25) is 0 Å². The molecule has 19 heavy (non-hydrogen) atoms. The molecule has 2 nitrogen and oxygen atoms in total. The zero-order valence-corrected chi connectivity index (χ0v) is 9.90. The van der Waals surface area contributed by atoms with E-state index in [1.165, 1.54) is 6.07 Å². The lowest BCUT2D eigenvalue weighted by atomic mass is 10.1. The molecule has 1 heterocycles. The van der Waals surface area contributed by atoms with Crippen LogP contribution in [-0.4, -0.2) is 4.98 Å². The van der Waals surface area contributed by atoms with E-state index in [9.17, 15) is 8.78 Å². The van der Waals surface area contributed by atoms with Gasteiger partial charge in [-0.15, -0.1) is 0 Å². The third kappa shape index (κ3) is 2.01. The molecule has 0 saturated carbocycles. The zero-order chi connectivity index (χ0) is 13.4. The van der Waals surface area contributed by atoms with Gasteiger partial charge >= 0.3 is 0 Å². The van der Waals surface area contributed by atoms with Crippen LogP contribution in [0.4, 0.5) is 14.5 Å². The van der Waals surface area contributed by atoms with E-state index in [-0.39, 0.29) is 10.9 Å². The lowest BCUT2D eigenvalue weighted by Crippen LogP contribution is -1.96. The maximum Gasteiger partial charge on any atom is 0.152 e. The van der Waals surface area contributed by atoms with Crippen molar-refractivity contribution in [2.75, 3.05) is 5.73 Å². The highest BCUT2D eigenvalue weighted by molar-refractivity contribution is 5.93. The van der Waals surface area contributed by atoms with Gasteiger partial charge in [0.05, 0.1) is 5.69 Å². The number of anilines is 1. The van der Waals surface area contributed by atoms with Crippen LogP contribution in [-0.2, 0) is 0 Å². The van der Waals surface area contributed by atoms with Gasteiger partial charge in [-0.05, 0) is 12.1 Å². The largest absolute Gasteiger partial charge is 0.398 e. The van der Waals surface area contributed by atoms with Crippen LogP contribution in [0.3, 0.4) is 0 Å². The molecule has 0 saturated heterocycles. The van der Waals surface area contributed by atoms with E-state index >= 15 is 0 Å². The van der Waals surface area contributed by atoms with Crippen molar-refractivity contribution in [1.82, 2.24) is 4.98 Å². The highest BCUT2D eigenvalue weighted by atomic mass is 19.1. The summed E-state index contributed by atoms with van der Waals surface area (Å²) in [5.74, 6) is -1.37. The van der Waals surface area contributed by atoms with E-state index in [1.807, 2.05) is 30.3 Å². The molecule has 4 heteroatoms. The second kappa shape index (κ2) is 4.31. The van der Waals surface area contributed by atoms with Crippen molar-refractivity contribution in [2.24, 2.45) is 0 Å². The molecule has 0 unspecified atom stereocenters. The summed E-state index contributed by atoms with van der Waals surface area (Å²) in [7, 11) is 0. The van der Waals surface area contributed by atoms with E-state index in [4.69, 9.17) is 5.73 Å². The monoisotopic (exact) mass is 256 g/mol. The molecular weight excluding hydrogens is 246 g/mol. The first-order valence-corrected chi connectivity index (χ1v) is 5.76. The first kappa shape index (κ1) is 11.6. The van der Waals surface area contributed by atoms with Gasteiger partial charge in [-0.2, -0.15) is 0 Å². The van der Waals surface area contributed by atoms with Crippen LogP contribution in [0.25, 0.3) is 22.2 Å². The molecular formula is C15H10F2N2. The predicted octanol–water partition coefficient (Wildman–Crippen LogP) is 3.76. The number of hydrogen-bond acceptors (Lipinski definition) is 2. The summed E-state index contributed by atoms with van der Waals surface area (Å²) >= 11 is 0. The van der Waals surface area contributed by atoms with Crippen molar-refractivity contribution < 1.29 is 8.78 Å². The minimum atomic E-state index is -0.709. The molecule has 0 atom stereocenters. The summed E-state index contributed by atoms with van der Waals surface area (Å²) in [5.41, 5.74) is 7.65. The number of hydrogen-bond donors (Lipinski definition) is 1. The predicted molar refractivity (Wildman–Crippen MR) is 71.5 cm³/mol. The summed E-state index contributed by atoms with van der Waals surface area (Å²) in [5, 5.41) is 0.289. The summed E-state index contributed by atoms with van der Waals surface area (Å²) in [6.07, 6.45) is 0. The van der Waals surface area contributed by atoms with Crippen LogP contribution in [0, 0.1) is 11.6 Å². The molecule has 0 radical (unpaired) electrons. The second-order valence-corrected chi connectivity index (χ2v) is 4.25. The number of pyridine rings is 1. The number of fused-ring (bicyclic) bond motifs is 1. The maximum absolute atomic E-state index is 13.8. The molecule has 0 fully saturated rings. The Labute approximate surface area is 108 Å². The quantitative estimate of drug-likeness (QED) is 0.720. The van der Waals surface area contributed by atoms with Gasteiger partial charge in [-0.3, -0.25) is 0 Å². The van der Waals surface area contributed by atoms with Crippen molar-refractivity contribution in [3.8, 4) is 11.3 Å². The molecule has 2 N–H and O–H groups in total. The topological polar surface area (TPSA) is 38.9 Å². The van der Waals surface area contributed by atoms with Gasteiger partial charge in [0.25, 0.3) is 0 Å². The Morgan fingerprint density at radius 3 is 2.42 bits per heavy atom. The summed E-state index contributed by atoms with van der Waals surface area (Å²) in [4.78, 5) is 4.23. The number of nitrogens with two attached hydrogens (primary N) is 1. The van der Waals surface area contributed by atoms with Crippen molar-refractivity contribution >= 4 is 16.6 Å². The normalized spacial score (nSPS) is 10.8. The van der Waals surface area contributed by atoms with Crippen LogP contribution >= 0.6 is 0 Å². The van der Waals surface area contributed by atoms with Crippen LogP contribution in [0.15, 0.2) is 48.5 Å². The summed E-state index contributed by atoms with van der Waals surface area (Å²) < 4.78 is 26.9. The van der Waals surface area contributed by atoms with E-state index in [1.54, 1.807) is 6.07 Å². The highest BCUT2D eigenvalue weighted by Gasteiger charge is 2.11. The lowest BCUT2D eigenvalue weighted by molar-refractivity contribution is 0.590. The number of aromatic nitrogens is 1. The van der Waals surface area contributed by atoms with Gasteiger partial charge in [0.1, 0.15) is 11.3 Å². The first-order valence-electron chi connectivity index (χ1n) is 5.76. The van der Waals surface area contributed by atoms with Gasteiger partial charge in [-0.1, -0.05) is 30.3 Å². The van der Waals surface area contributed by atoms with Crippen molar-refractivity contribution in [1.29, 1.82) is 0 Å². The summed E-state index contributed by atoms with van der Waals surface area (Å²) in [6, 6.07) is 12.9. The number of benzene rings is 2. The van der Waals surface area contributed by atoms with Gasteiger partial charge in [0.15, 0.2) is 5.82 Å². The third-order valence-corrected chi connectivity index (χ3v) is 2.93. The number of rotatable bonds is 1. The van der Waals surface area contributed by atoms with Crippen LogP contribution in [0.1, 0.15) is 0 Å². The fourth-order valence-electron chi connectivity index (χ4n) is 2.03. The van der Waals surface area contributed by atoms with E-state index in [2.05, 4.69) is 4.98 Å². The van der Waals surface area contributed by atoms with Crippen molar-refractivity contribution in [2.45, 2.75) is 0 Å². The highest BCUT2D eigenvalue weighted by Crippen LogP contribution is 2.28. The van der Waals surface area contributed by atoms with Gasteiger partial charge in [0, 0.05) is 22.7 Å². The molecule has 0 bridgehead atoms. The molecule has 0 aliphatic carbocycles. The van der Waals surface area contributed by atoms with Crippen LogP contribution in [0.5, 0.6) is 0 Å². The van der Waals surface area contributed by atoms with E-state index < -0.39 is 11.6 Å². The lowest BCUT2D eigenvalue weighted by Gasteiger charge is -2.07. The molecule has 0 aliphatic heterocycles. The Kier molecular flexibility index (Phi) is 2.63. The summed E-state index contributed by atoms with van der Waals surface area (Å²) in [6.45, 7) is 0. The van der Waals surface area contributed by atoms with E-state index in [0.29, 0.717) is 11.4 Å². The average Bonchev–Trinajstić information content (AvgIpc) is 2.41. The number of halogens is 2. The van der Waals surface area contributed by atoms with Gasteiger partial charge in [-0.25, -0.2) is 13.8 Å². The Bertz CT molecular complexity index is 755. The molecule has 2 aromatic carbocycles. The zero-order valence-electron chi connectivity index (χ0n) is 9.90. The third-order valence-electron chi connectivity index (χ3n) is 2.93. The maximum atomic E-state index is 13.8. The van der Waals surface area contributed by atoms with Crippen molar-refractivity contribution in [3.05, 3.63) is 60.2 Å². The second-order valence-electron chi connectivity index (χ2n) is 4.25. The first-order chi connectivity index (χ1) is 9.15. The number of nitrogen functional groups attached to an aromatic ring is 1. The fraction of sp³-hybridized carbons (Fsp3) is 0. The smallest absolute Gasteiger partial charge is 0.152 e. The van der Waals surface area contributed by atoms with E-state index in [0.717, 1.165) is 11.6 Å². The molecule has 3 aromatic rings. The fourth-order valence-corrected chi connectivity index (χ4v) is 2.03. The van der Waals surface area contributed by atoms with Gasteiger partial charge in [0.2, 0.25) is 0 Å². The Morgan fingerprint density at radius 1 is 0.947 bits per heavy atom. The molecule has 3 rings (SSSR count). The number of nitrogens with zero attached hydrogens (tertiary/aromatic N) is 1. The Balaban J connectivity index is 2.31. The molecule has 0 spiro atoms. The minimum Gasteiger partial charge on any atom is -0.398 e. The molecule has 94 valence electrons. The van der Waals surface area contributed by atoms with Crippen LogP contribution < -0.4 is 5.73 Å². The minimum absolute atomic E-state index is 0.0836. The molecule has 0 amide bonds. The van der Waals surface area contributed by atoms with Crippen molar-refractivity contribution in [3.63, 3.8) is 0 Å². The van der Waals surface area contributed by atoms with Gasteiger partial charge < -0.3 is 5.73 Å².